The molecule has 0 radical (unpaired) electrons. The monoisotopic (exact) mass is 197 g/mol. The molecule has 0 fully saturated rings. The predicted octanol–water partition coefficient (Wildman–Crippen LogP) is 1.66. The van der Waals surface area contributed by atoms with E-state index in [1.807, 2.05) is 25.1 Å². The minimum Gasteiger partial charge on any atom is -0.493 e. The quantitative estimate of drug-likeness (QED) is 0.746. The van der Waals surface area contributed by atoms with Crippen LogP contribution in [0.5, 0.6) is 11.5 Å². The third-order valence-electron chi connectivity index (χ3n) is 2.08. The van der Waals surface area contributed by atoms with Gasteiger partial charge in [-0.25, -0.2) is 5.90 Å². The zero-order valence-electron chi connectivity index (χ0n) is 8.61. The highest BCUT2D eigenvalue weighted by molar-refractivity contribution is 5.47. The van der Waals surface area contributed by atoms with E-state index >= 15 is 0 Å². The summed E-state index contributed by atoms with van der Waals surface area (Å²) >= 11 is 0. The molecule has 4 nitrogen and oxygen atoms in total. The SMILES string of the molecule is COc1cccc(C(C)ON)c1OC. The lowest BCUT2D eigenvalue weighted by atomic mass is 10.1. The van der Waals surface area contributed by atoms with E-state index in [4.69, 9.17) is 20.2 Å². The minimum absolute atomic E-state index is 0.222. The van der Waals surface area contributed by atoms with Crippen molar-refractivity contribution >= 4 is 0 Å². The predicted molar refractivity (Wildman–Crippen MR) is 53.2 cm³/mol. The van der Waals surface area contributed by atoms with Gasteiger partial charge in [-0.15, -0.1) is 0 Å². The van der Waals surface area contributed by atoms with Gasteiger partial charge in [-0.2, -0.15) is 0 Å². The molecule has 14 heavy (non-hydrogen) atoms. The number of methoxy groups -OCH3 is 2. The Morgan fingerprint density at radius 1 is 1.21 bits per heavy atom. The van der Waals surface area contributed by atoms with E-state index < -0.39 is 0 Å². The summed E-state index contributed by atoms with van der Waals surface area (Å²) in [6.07, 6.45) is -0.222. The van der Waals surface area contributed by atoms with Crippen LogP contribution in [-0.4, -0.2) is 14.2 Å². The van der Waals surface area contributed by atoms with E-state index in [-0.39, 0.29) is 6.10 Å². The largest absolute Gasteiger partial charge is 0.493 e. The van der Waals surface area contributed by atoms with Gasteiger partial charge >= 0.3 is 0 Å². The van der Waals surface area contributed by atoms with Crippen LogP contribution in [0.3, 0.4) is 0 Å². The molecule has 0 aliphatic rings. The molecule has 0 heterocycles. The highest BCUT2D eigenvalue weighted by atomic mass is 16.6. The maximum absolute atomic E-state index is 5.23. The second-order valence-corrected chi connectivity index (χ2v) is 2.86. The first kappa shape index (κ1) is 10.8. The molecule has 1 unspecified atom stereocenters. The van der Waals surface area contributed by atoms with Crippen molar-refractivity contribution in [3.8, 4) is 11.5 Å². The van der Waals surface area contributed by atoms with Gasteiger partial charge in [-0.3, -0.25) is 4.84 Å². The summed E-state index contributed by atoms with van der Waals surface area (Å²) < 4.78 is 10.4. The lowest BCUT2D eigenvalue weighted by Gasteiger charge is -2.15. The van der Waals surface area contributed by atoms with Gasteiger partial charge < -0.3 is 9.47 Å². The molecule has 78 valence electrons. The average Bonchev–Trinajstić information content (AvgIpc) is 2.26. The van der Waals surface area contributed by atoms with Gasteiger partial charge in [0, 0.05) is 5.56 Å². The van der Waals surface area contributed by atoms with E-state index in [0.717, 1.165) is 5.56 Å². The molecule has 0 bridgehead atoms. The van der Waals surface area contributed by atoms with Crippen molar-refractivity contribution in [1.29, 1.82) is 0 Å². The first-order chi connectivity index (χ1) is 6.74. The molecule has 2 N–H and O–H groups in total. The van der Waals surface area contributed by atoms with Crippen molar-refractivity contribution in [1.82, 2.24) is 0 Å². The zero-order chi connectivity index (χ0) is 10.6. The highest BCUT2D eigenvalue weighted by Crippen LogP contribution is 2.34. The molecule has 1 aromatic rings. The summed E-state index contributed by atoms with van der Waals surface area (Å²) in [5.41, 5.74) is 0.870. The molecule has 1 aromatic carbocycles. The van der Waals surface area contributed by atoms with Crippen molar-refractivity contribution in [2.75, 3.05) is 14.2 Å². The van der Waals surface area contributed by atoms with Crippen molar-refractivity contribution in [2.45, 2.75) is 13.0 Å². The number of hydrogen-bond acceptors (Lipinski definition) is 4. The van der Waals surface area contributed by atoms with Crippen LogP contribution in [0.1, 0.15) is 18.6 Å². The highest BCUT2D eigenvalue weighted by Gasteiger charge is 2.14. The Hall–Kier alpha value is -1.26. The van der Waals surface area contributed by atoms with Crippen LogP contribution in [0.15, 0.2) is 18.2 Å². The van der Waals surface area contributed by atoms with Crippen LogP contribution in [0, 0.1) is 0 Å². The molecular weight excluding hydrogens is 182 g/mol. The molecule has 0 aromatic heterocycles. The van der Waals surface area contributed by atoms with E-state index in [2.05, 4.69) is 0 Å². The third-order valence-corrected chi connectivity index (χ3v) is 2.08. The van der Waals surface area contributed by atoms with Crippen molar-refractivity contribution < 1.29 is 14.3 Å². The van der Waals surface area contributed by atoms with Crippen molar-refractivity contribution in [3.63, 3.8) is 0 Å². The Balaban J connectivity index is 3.14. The second-order valence-electron chi connectivity index (χ2n) is 2.86. The summed E-state index contributed by atoms with van der Waals surface area (Å²) in [5, 5.41) is 0. The summed E-state index contributed by atoms with van der Waals surface area (Å²) in [4.78, 5) is 4.74. The van der Waals surface area contributed by atoms with E-state index in [9.17, 15) is 0 Å². The lowest BCUT2D eigenvalue weighted by Crippen LogP contribution is -2.07. The maximum Gasteiger partial charge on any atom is 0.166 e. The maximum atomic E-state index is 5.23. The van der Waals surface area contributed by atoms with Crippen molar-refractivity contribution in [3.05, 3.63) is 23.8 Å². The van der Waals surface area contributed by atoms with Crippen LogP contribution in [0.25, 0.3) is 0 Å². The fourth-order valence-corrected chi connectivity index (χ4v) is 1.31. The van der Waals surface area contributed by atoms with Gasteiger partial charge in [0.25, 0.3) is 0 Å². The number of rotatable bonds is 4. The molecule has 0 spiro atoms. The van der Waals surface area contributed by atoms with Crippen LogP contribution in [0.4, 0.5) is 0 Å². The van der Waals surface area contributed by atoms with Gasteiger partial charge in [-0.1, -0.05) is 12.1 Å². The number of para-hydroxylation sites is 1. The fraction of sp³-hybridized carbons (Fsp3) is 0.400. The van der Waals surface area contributed by atoms with Gasteiger partial charge in [0.1, 0.15) is 6.10 Å². The molecule has 0 aliphatic heterocycles. The van der Waals surface area contributed by atoms with Gasteiger partial charge in [0.15, 0.2) is 11.5 Å². The number of benzene rings is 1. The molecule has 1 atom stereocenters. The minimum atomic E-state index is -0.222. The van der Waals surface area contributed by atoms with Crippen LogP contribution in [0.2, 0.25) is 0 Å². The second kappa shape index (κ2) is 4.83. The first-order valence-corrected chi connectivity index (χ1v) is 4.31. The number of ether oxygens (including phenoxy) is 2. The molecular formula is C10H15NO3. The Morgan fingerprint density at radius 3 is 2.43 bits per heavy atom. The van der Waals surface area contributed by atoms with Gasteiger partial charge in [0.2, 0.25) is 0 Å². The van der Waals surface area contributed by atoms with E-state index in [1.165, 1.54) is 0 Å². The van der Waals surface area contributed by atoms with E-state index in [0.29, 0.717) is 11.5 Å². The smallest absolute Gasteiger partial charge is 0.166 e. The topological polar surface area (TPSA) is 53.7 Å². The molecule has 4 heteroatoms. The lowest BCUT2D eigenvalue weighted by molar-refractivity contribution is 0.0643. The molecule has 0 amide bonds. The Kier molecular flexibility index (Phi) is 3.73. The fourth-order valence-electron chi connectivity index (χ4n) is 1.31. The van der Waals surface area contributed by atoms with Crippen molar-refractivity contribution in [2.24, 2.45) is 5.90 Å². The Bertz CT molecular complexity index is 301. The summed E-state index contributed by atoms with van der Waals surface area (Å²) in [6.45, 7) is 1.84. The summed E-state index contributed by atoms with van der Waals surface area (Å²) in [6, 6.07) is 5.58. The molecule has 1 rings (SSSR count). The Morgan fingerprint density at radius 2 is 1.93 bits per heavy atom. The van der Waals surface area contributed by atoms with Gasteiger partial charge in [0.05, 0.1) is 14.2 Å². The third kappa shape index (κ3) is 1.97. The van der Waals surface area contributed by atoms with E-state index in [1.54, 1.807) is 14.2 Å². The molecule has 0 saturated carbocycles. The number of hydrogen-bond donors (Lipinski definition) is 1. The van der Waals surface area contributed by atoms with Crippen LogP contribution < -0.4 is 15.4 Å². The first-order valence-electron chi connectivity index (χ1n) is 4.31. The molecule has 0 aliphatic carbocycles. The summed E-state index contributed by atoms with van der Waals surface area (Å²) in [5.74, 6) is 6.46. The Labute approximate surface area is 83.5 Å². The standard InChI is InChI=1S/C10H15NO3/c1-7(14-11)8-5-4-6-9(12-2)10(8)13-3/h4-7H,11H2,1-3H3. The van der Waals surface area contributed by atoms with Gasteiger partial charge in [-0.05, 0) is 13.0 Å². The zero-order valence-corrected chi connectivity index (χ0v) is 8.61. The molecule has 0 saturated heterocycles. The normalized spacial score (nSPS) is 12.3. The van der Waals surface area contributed by atoms with Crippen LogP contribution >= 0.6 is 0 Å². The van der Waals surface area contributed by atoms with Crippen LogP contribution in [-0.2, 0) is 4.84 Å². The average molecular weight is 197 g/mol. The summed E-state index contributed by atoms with van der Waals surface area (Å²) in [7, 11) is 3.18. The number of nitrogens with two attached hydrogens (primary N) is 1.